The summed E-state index contributed by atoms with van der Waals surface area (Å²) in [6.45, 7) is 5.70. The zero-order chi connectivity index (χ0) is 31.5. The number of benzene rings is 2. The van der Waals surface area contributed by atoms with Crippen molar-refractivity contribution in [3.05, 3.63) is 70.7 Å². The minimum absolute atomic E-state index is 0.0167. The molecule has 0 fully saturated rings. The molecule has 0 atom stereocenters. The minimum atomic E-state index is -4.63. The van der Waals surface area contributed by atoms with Gasteiger partial charge in [-0.25, -0.2) is 9.78 Å². The number of amides is 2. The smallest absolute Gasteiger partial charge is 0.416 e. The predicted octanol–water partition coefficient (Wildman–Crippen LogP) is 4.51. The van der Waals surface area contributed by atoms with E-state index < -0.39 is 23.7 Å². The van der Waals surface area contributed by atoms with Crippen molar-refractivity contribution in [2.45, 2.75) is 39.5 Å². The van der Waals surface area contributed by atoms with Gasteiger partial charge in [0.1, 0.15) is 5.75 Å². The number of ether oxygens (including phenoxy) is 2. The van der Waals surface area contributed by atoms with E-state index in [-0.39, 0.29) is 41.1 Å². The summed E-state index contributed by atoms with van der Waals surface area (Å²) < 4.78 is 52.9. The average molecular weight is 603 g/mol. The van der Waals surface area contributed by atoms with Crippen molar-refractivity contribution in [3.8, 4) is 5.75 Å². The van der Waals surface area contributed by atoms with E-state index in [0.29, 0.717) is 17.1 Å². The van der Waals surface area contributed by atoms with E-state index in [2.05, 4.69) is 36.6 Å². The summed E-state index contributed by atoms with van der Waals surface area (Å²) in [4.78, 5) is 29.1. The molecule has 0 saturated heterocycles. The maximum atomic E-state index is 13.7. The van der Waals surface area contributed by atoms with Crippen molar-refractivity contribution >= 4 is 35.0 Å². The number of alkyl halides is 3. The predicted molar refractivity (Wildman–Crippen MR) is 155 cm³/mol. The fourth-order valence-corrected chi connectivity index (χ4v) is 4.33. The Balaban J connectivity index is 1.61. The van der Waals surface area contributed by atoms with Gasteiger partial charge < -0.3 is 24.7 Å². The van der Waals surface area contributed by atoms with E-state index in [1.807, 2.05) is 20.8 Å². The van der Waals surface area contributed by atoms with Crippen LogP contribution in [0, 0.1) is 6.92 Å². The number of hydrogen-bond donors (Lipinski definition) is 5. The highest BCUT2D eigenvalue weighted by Crippen LogP contribution is 2.38. The number of carbonyl (C=O) groups is 2. The quantitative estimate of drug-likeness (QED) is 0.240. The molecule has 0 unspecified atom stereocenters. The molecular formula is C28H33F3N8O4. The highest BCUT2D eigenvalue weighted by molar-refractivity contribution is 6.06. The molecule has 0 saturated carbocycles. The molecule has 0 aliphatic carbocycles. The SMILES string of the molecule is COC(=O)Nc1ncc(C2=CN(c3cc(C(=O)Nc4cc(C(F)(F)F)cc(CNC(C)C)c4OC)ccc3C)NN2)n1C. The van der Waals surface area contributed by atoms with Crippen LogP contribution in [0.1, 0.15) is 46.6 Å². The monoisotopic (exact) mass is 602 g/mol. The number of carbonyl (C=O) groups excluding carboxylic acids is 2. The van der Waals surface area contributed by atoms with Gasteiger partial charge in [0.05, 0.1) is 54.9 Å². The van der Waals surface area contributed by atoms with E-state index in [9.17, 15) is 22.8 Å². The zero-order valence-corrected chi connectivity index (χ0v) is 24.4. The summed E-state index contributed by atoms with van der Waals surface area (Å²) in [5.41, 5.74) is 8.13. The summed E-state index contributed by atoms with van der Waals surface area (Å²) >= 11 is 0. The van der Waals surface area contributed by atoms with Crippen LogP contribution < -0.4 is 36.7 Å². The maximum absolute atomic E-state index is 13.7. The Morgan fingerprint density at radius 1 is 1.12 bits per heavy atom. The largest absolute Gasteiger partial charge is 0.494 e. The van der Waals surface area contributed by atoms with Crippen molar-refractivity contribution in [1.29, 1.82) is 0 Å². The van der Waals surface area contributed by atoms with Crippen molar-refractivity contribution in [2.24, 2.45) is 7.05 Å². The van der Waals surface area contributed by atoms with Crippen LogP contribution >= 0.6 is 0 Å². The number of imidazole rings is 1. The van der Waals surface area contributed by atoms with E-state index >= 15 is 0 Å². The number of halogens is 3. The first-order chi connectivity index (χ1) is 20.3. The van der Waals surface area contributed by atoms with E-state index in [1.54, 1.807) is 47.2 Å². The second-order valence-corrected chi connectivity index (χ2v) is 10.00. The molecule has 12 nitrogen and oxygen atoms in total. The molecule has 43 heavy (non-hydrogen) atoms. The molecule has 2 aromatic carbocycles. The van der Waals surface area contributed by atoms with Gasteiger partial charge in [0.15, 0.2) is 0 Å². The Morgan fingerprint density at radius 3 is 2.51 bits per heavy atom. The second kappa shape index (κ2) is 12.6. The third-order valence-corrected chi connectivity index (χ3v) is 6.61. The Kier molecular flexibility index (Phi) is 9.16. The Hall–Kier alpha value is -4.76. The van der Waals surface area contributed by atoms with Crippen LogP contribution in [0.5, 0.6) is 5.75 Å². The summed E-state index contributed by atoms with van der Waals surface area (Å²) in [7, 11) is 4.30. The molecule has 1 aromatic heterocycles. The topological polar surface area (TPSA) is 134 Å². The van der Waals surface area contributed by atoms with Gasteiger partial charge in [-0.15, -0.1) is 5.53 Å². The third kappa shape index (κ3) is 7.01. The first-order valence-corrected chi connectivity index (χ1v) is 13.2. The minimum Gasteiger partial charge on any atom is -0.494 e. The second-order valence-electron chi connectivity index (χ2n) is 10.00. The Morgan fingerprint density at radius 2 is 1.86 bits per heavy atom. The molecule has 0 spiro atoms. The van der Waals surface area contributed by atoms with Gasteiger partial charge in [-0.1, -0.05) is 19.9 Å². The van der Waals surface area contributed by atoms with Gasteiger partial charge in [-0.05, 0) is 36.8 Å². The normalized spacial score (nSPS) is 13.1. The lowest BCUT2D eigenvalue weighted by Gasteiger charge is -2.20. The lowest BCUT2D eigenvalue weighted by molar-refractivity contribution is -0.137. The van der Waals surface area contributed by atoms with Crippen LogP contribution in [0.4, 0.5) is 35.3 Å². The summed E-state index contributed by atoms with van der Waals surface area (Å²) in [5, 5.41) is 9.85. The third-order valence-electron chi connectivity index (χ3n) is 6.61. The molecule has 1 aliphatic heterocycles. The number of aromatic nitrogens is 2. The molecular weight excluding hydrogens is 569 g/mol. The van der Waals surface area contributed by atoms with Crippen LogP contribution in [0.15, 0.2) is 42.7 Å². The lowest BCUT2D eigenvalue weighted by Crippen LogP contribution is -2.36. The maximum Gasteiger partial charge on any atom is 0.416 e. The standard InChI is InChI=1S/C28H33F3N8O4/c1-15(2)32-12-18-9-19(28(29,30)31)11-20(24(18)42-5)34-25(40)17-8-7-16(3)22(10-17)39-14-21(36-37-39)23-13-33-26(38(23)4)35-27(41)43-6/h7-11,13-15,32,36-37H,12H2,1-6H3,(H,34,40)(H,33,35,41). The zero-order valence-electron chi connectivity index (χ0n) is 24.4. The number of nitrogens with one attached hydrogen (secondary N) is 5. The molecule has 15 heteroatoms. The highest BCUT2D eigenvalue weighted by atomic mass is 19.4. The van der Waals surface area contributed by atoms with Gasteiger partial charge in [0, 0.05) is 30.8 Å². The van der Waals surface area contributed by atoms with E-state index in [1.165, 1.54) is 14.2 Å². The number of methoxy groups -OCH3 is 2. The van der Waals surface area contributed by atoms with Crippen LogP contribution in [0.3, 0.4) is 0 Å². The molecule has 4 rings (SSSR count). The van der Waals surface area contributed by atoms with Crippen molar-refractivity contribution in [2.75, 3.05) is 29.9 Å². The summed E-state index contributed by atoms with van der Waals surface area (Å²) in [5.74, 6) is -0.216. The van der Waals surface area contributed by atoms with Crippen molar-refractivity contribution in [1.82, 2.24) is 25.8 Å². The van der Waals surface area contributed by atoms with Gasteiger partial charge >= 0.3 is 12.3 Å². The molecule has 5 N–H and O–H groups in total. The molecule has 3 aromatic rings. The van der Waals surface area contributed by atoms with Crippen LogP contribution in [-0.2, 0) is 24.5 Å². The number of rotatable bonds is 9. The van der Waals surface area contributed by atoms with Gasteiger partial charge in [0.2, 0.25) is 5.95 Å². The van der Waals surface area contributed by atoms with Gasteiger partial charge in [-0.3, -0.25) is 20.5 Å². The van der Waals surface area contributed by atoms with E-state index in [4.69, 9.17) is 4.74 Å². The van der Waals surface area contributed by atoms with Gasteiger partial charge in [-0.2, -0.15) is 13.2 Å². The fourth-order valence-electron chi connectivity index (χ4n) is 4.33. The summed E-state index contributed by atoms with van der Waals surface area (Å²) in [6.07, 6.45) is -2.01. The van der Waals surface area contributed by atoms with Gasteiger partial charge in [0.25, 0.3) is 5.91 Å². The van der Waals surface area contributed by atoms with Crippen LogP contribution in [-0.4, -0.2) is 41.8 Å². The Labute approximate surface area is 246 Å². The van der Waals surface area contributed by atoms with Crippen LogP contribution in [0.25, 0.3) is 5.70 Å². The van der Waals surface area contributed by atoms with Crippen LogP contribution in [0.2, 0.25) is 0 Å². The first kappa shape index (κ1) is 31.2. The molecule has 0 radical (unpaired) electrons. The first-order valence-electron chi connectivity index (χ1n) is 13.2. The molecule has 2 heterocycles. The van der Waals surface area contributed by atoms with Crippen molar-refractivity contribution in [3.63, 3.8) is 0 Å². The number of anilines is 3. The average Bonchev–Trinajstić information content (AvgIpc) is 3.57. The molecule has 2 amide bonds. The molecule has 0 bridgehead atoms. The highest BCUT2D eigenvalue weighted by Gasteiger charge is 2.33. The number of hydrogen-bond acceptors (Lipinski definition) is 9. The lowest BCUT2D eigenvalue weighted by atomic mass is 10.1. The number of aryl methyl sites for hydroxylation is 1. The Bertz CT molecular complexity index is 1550. The molecule has 1 aliphatic rings. The number of hydrazine groups is 2. The van der Waals surface area contributed by atoms with E-state index in [0.717, 1.165) is 17.7 Å². The number of nitrogens with zero attached hydrogens (tertiary/aromatic N) is 3. The van der Waals surface area contributed by atoms with Crippen molar-refractivity contribution < 1.29 is 32.2 Å². The fraction of sp³-hybridized carbons (Fsp3) is 0.321. The summed E-state index contributed by atoms with van der Waals surface area (Å²) in [6, 6.07) is 6.80. The molecule has 230 valence electrons.